The van der Waals surface area contributed by atoms with Gasteiger partial charge in [-0.05, 0) is 37.6 Å². The molecule has 5 heteroatoms. The topological polar surface area (TPSA) is 74.2 Å². The summed E-state index contributed by atoms with van der Waals surface area (Å²) in [6.07, 6.45) is 4.81. The normalized spacial score (nSPS) is 14.7. The Balaban J connectivity index is 2.54. The summed E-state index contributed by atoms with van der Waals surface area (Å²) in [6.45, 7) is 7.33. The molecule has 1 heterocycles. The van der Waals surface area contributed by atoms with Gasteiger partial charge in [-0.25, -0.2) is 0 Å². The molecule has 2 atom stereocenters. The lowest BCUT2D eigenvalue weighted by Gasteiger charge is -2.18. The monoisotopic (exact) mass is 283 g/mol. The Hall–Kier alpha value is -0.940. The maximum atomic E-state index is 5.66. The van der Waals surface area contributed by atoms with Gasteiger partial charge in [0.2, 0.25) is 11.7 Å². The van der Waals surface area contributed by atoms with E-state index in [1.54, 1.807) is 7.11 Å². The number of nitrogens with zero attached hydrogens (tertiary/aromatic N) is 2. The lowest BCUT2D eigenvalue weighted by atomic mass is 9.88. The largest absolute Gasteiger partial charge is 0.373 e. The molecule has 116 valence electrons. The van der Waals surface area contributed by atoms with Crippen LogP contribution >= 0.6 is 0 Å². The minimum absolute atomic E-state index is 0.0533. The van der Waals surface area contributed by atoms with Crippen molar-refractivity contribution >= 4 is 0 Å². The van der Waals surface area contributed by atoms with E-state index < -0.39 is 0 Å². The number of methoxy groups -OCH3 is 1. The lowest BCUT2D eigenvalue weighted by molar-refractivity contribution is 0.0854. The average Bonchev–Trinajstić information content (AvgIpc) is 2.89. The van der Waals surface area contributed by atoms with Crippen molar-refractivity contribution in [1.29, 1.82) is 0 Å². The Morgan fingerprint density at radius 3 is 2.55 bits per heavy atom. The first-order valence-corrected chi connectivity index (χ1v) is 7.67. The third-order valence-corrected chi connectivity index (χ3v) is 3.82. The molecular formula is C15H29N3O2. The highest BCUT2D eigenvalue weighted by molar-refractivity contribution is 4.91. The highest BCUT2D eigenvalue weighted by Gasteiger charge is 2.18. The predicted octanol–water partition coefficient (Wildman–Crippen LogP) is 3.11. The summed E-state index contributed by atoms with van der Waals surface area (Å²) in [6, 6.07) is 0. The Bertz CT molecular complexity index is 366. The van der Waals surface area contributed by atoms with Gasteiger partial charge in [-0.2, -0.15) is 4.98 Å². The summed E-state index contributed by atoms with van der Waals surface area (Å²) in [5.74, 6) is 2.63. The van der Waals surface area contributed by atoms with Crippen LogP contribution in [0.5, 0.6) is 0 Å². The zero-order chi connectivity index (χ0) is 15.0. The SMILES string of the molecule is CCCC(OC)c1noc(CCC(CCN)C(C)C)n1. The molecule has 0 radical (unpaired) electrons. The van der Waals surface area contributed by atoms with Crippen molar-refractivity contribution in [2.24, 2.45) is 17.6 Å². The average molecular weight is 283 g/mol. The van der Waals surface area contributed by atoms with Crippen LogP contribution in [0.3, 0.4) is 0 Å². The first-order chi connectivity index (χ1) is 9.62. The summed E-state index contributed by atoms with van der Waals surface area (Å²) in [4.78, 5) is 4.46. The molecule has 1 rings (SSSR count). The van der Waals surface area contributed by atoms with E-state index in [2.05, 4.69) is 30.9 Å². The van der Waals surface area contributed by atoms with Crippen LogP contribution in [0, 0.1) is 11.8 Å². The highest BCUT2D eigenvalue weighted by atomic mass is 16.5. The summed E-state index contributed by atoms with van der Waals surface area (Å²) >= 11 is 0. The van der Waals surface area contributed by atoms with Crippen molar-refractivity contribution in [3.8, 4) is 0 Å². The number of aryl methyl sites for hydroxylation is 1. The number of nitrogens with two attached hydrogens (primary N) is 1. The maximum absolute atomic E-state index is 5.66. The molecule has 0 aliphatic carbocycles. The number of rotatable bonds is 10. The molecule has 1 aromatic heterocycles. The number of hydrogen-bond acceptors (Lipinski definition) is 5. The molecule has 0 saturated heterocycles. The second kappa shape index (κ2) is 9.08. The van der Waals surface area contributed by atoms with E-state index in [1.165, 1.54) is 0 Å². The molecule has 0 saturated carbocycles. The van der Waals surface area contributed by atoms with Gasteiger partial charge >= 0.3 is 0 Å². The Morgan fingerprint density at radius 2 is 2.00 bits per heavy atom. The van der Waals surface area contributed by atoms with Crippen LogP contribution in [0.25, 0.3) is 0 Å². The third-order valence-electron chi connectivity index (χ3n) is 3.82. The van der Waals surface area contributed by atoms with Crippen LogP contribution in [0.1, 0.15) is 64.3 Å². The van der Waals surface area contributed by atoms with Crippen molar-refractivity contribution in [2.45, 2.75) is 59.0 Å². The van der Waals surface area contributed by atoms with E-state index >= 15 is 0 Å². The van der Waals surface area contributed by atoms with E-state index in [4.69, 9.17) is 15.0 Å². The first-order valence-electron chi connectivity index (χ1n) is 7.67. The zero-order valence-corrected chi connectivity index (χ0v) is 13.3. The molecule has 0 bridgehead atoms. The van der Waals surface area contributed by atoms with Gasteiger partial charge in [-0.15, -0.1) is 0 Å². The first kappa shape index (κ1) is 17.1. The summed E-state index contributed by atoms with van der Waals surface area (Å²) in [5.41, 5.74) is 5.66. The number of ether oxygens (including phenoxy) is 1. The van der Waals surface area contributed by atoms with Crippen LogP contribution in [0.2, 0.25) is 0 Å². The van der Waals surface area contributed by atoms with Gasteiger partial charge < -0.3 is 15.0 Å². The quantitative estimate of drug-likeness (QED) is 0.714. The van der Waals surface area contributed by atoms with E-state index in [9.17, 15) is 0 Å². The second-order valence-electron chi connectivity index (χ2n) is 5.68. The molecule has 0 aliphatic rings. The standard InChI is InChI=1S/C15H29N3O2/c1-5-6-13(19-4)15-17-14(20-18-15)8-7-12(9-10-16)11(2)3/h11-13H,5-10,16H2,1-4H3. The fourth-order valence-electron chi connectivity index (χ4n) is 2.45. The van der Waals surface area contributed by atoms with Crippen LogP contribution in [-0.4, -0.2) is 23.8 Å². The van der Waals surface area contributed by atoms with Gasteiger partial charge in [0, 0.05) is 13.5 Å². The molecule has 2 unspecified atom stereocenters. The fraction of sp³-hybridized carbons (Fsp3) is 0.867. The molecule has 0 fully saturated rings. The molecule has 0 aliphatic heterocycles. The van der Waals surface area contributed by atoms with Gasteiger partial charge in [0.1, 0.15) is 6.10 Å². The van der Waals surface area contributed by atoms with Crippen LogP contribution in [-0.2, 0) is 11.2 Å². The second-order valence-corrected chi connectivity index (χ2v) is 5.68. The van der Waals surface area contributed by atoms with Gasteiger partial charge in [0.15, 0.2) is 0 Å². The van der Waals surface area contributed by atoms with Crippen LogP contribution < -0.4 is 5.73 Å². The van der Waals surface area contributed by atoms with Crippen LogP contribution in [0.15, 0.2) is 4.52 Å². The predicted molar refractivity (Wildman–Crippen MR) is 79.3 cm³/mol. The summed E-state index contributed by atoms with van der Waals surface area (Å²) in [7, 11) is 1.69. The van der Waals surface area contributed by atoms with Gasteiger partial charge in [-0.3, -0.25) is 0 Å². The minimum Gasteiger partial charge on any atom is -0.373 e. The van der Waals surface area contributed by atoms with Crippen molar-refractivity contribution in [3.63, 3.8) is 0 Å². The van der Waals surface area contributed by atoms with E-state index in [-0.39, 0.29) is 6.10 Å². The smallest absolute Gasteiger partial charge is 0.226 e. The molecule has 0 amide bonds. The molecular weight excluding hydrogens is 254 g/mol. The van der Waals surface area contributed by atoms with Crippen molar-refractivity contribution < 1.29 is 9.26 Å². The lowest BCUT2D eigenvalue weighted by Crippen LogP contribution is -2.15. The van der Waals surface area contributed by atoms with E-state index in [0.29, 0.717) is 23.6 Å². The van der Waals surface area contributed by atoms with Crippen molar-refractivity contribution in [1.82, 2.24) is 10.1 Å². The Morgan fingerprint density at radius 1 is 1.25 bits per heavy atom. The van der Waals surface area contributed by atoms with Gasteiger partial charge in [-0.1, -0.05) is 32.3 Å². The molecule has 1 aromatic rings. The van der Waals surface area contributed by atoms with Gasteiger partial charge in [0.05, 0.1) is 0 Å². The van der Waals surface area contributed by atoms with Crippen molar-refractivity contribution in [2.75, 3.05) is 13.7 Å². The number of aromatic nitrogens is 2. The summed E-state index contributed by atoms with van der Waals surface area (Å²) < 4.78 is 10.7. The van der Waals surface area contributed by atoms with E-state index in [1.807, 2.05) is 0 Å². The fourth-order valence-corrected chi connectivity index (χ4v) is 2.45. The van der Waals surface area contributed by atoms with Gasteiger partial charge in [0.25, 0.3) is 0 Å². The Kier molecular flexibility index (Phi) is 7.77. The zero-order valence-electron chi connectivity index (χ0n) is 13.3. The third kappa shape index (κ3) is 5.21. The summed E-state index contributed by atoms with van der Waals surface area (Å²) in [5, 5.41) is 4.04. The Labute approximate surface area is 122 Å². The molecule has 0 spiro atoms. The number of hydrogen-bond donors (Lipinski definition) is 1. The highest BCUT2D eigenvalue weighted by Crippen LogP contribution is 2.22. The molecule has 0 aromatic carbocycles. The van der Waals surface area contributed by atoms with Crippen LogP contribution in [0.4, 0.5) is 0 Å². The minimum atomic E-state index is -0.0533. The van der Waals surface area contributed by atoms with E-state index in [0.717, 1.165) is 38.6 Å². The maximum Gasteiger partial charge on any atom is 0.226 e. The molecule has 5 nitrogen and oxygen atoms in total. The molecule has 20 heavy (non-hydrogen) atoms. The van der Waals surface area contributed by atoms with Crippen molar-refractivity contribution in [3.05, 3.63) is 11.7 Å². The molecule has 2 N–H and O–H groups in total.